The van der Waals surface area contributed by atoms with Crippen molar-refractivity contribution in [3.8, 4) is 0 Å². The number of rotatable bonds is 5. The predicted octanol–water partition coefficient (Wildman–Crippen LogP) is 2.80. The highest BCUT2D eigenvalue weighted by molar-refractivity contribution is 5.58. The molecule has 0 bridgehead atoms. The zero-order chi connectivity index (χ0) is 14.8. The van der Waals surface area contributed by atoms with Gasteiger partial charge in [-0.05, 0) is 48.9 Å². The Labute approximate surface area is 129 Å². The van der Waals surface area contributed by atoms with Gasteiger partial charge in [-0.2, -0.15) is 0 Å². The number of fused-ring (bicyclic) bond motifs is 1. The molecule has 2 unspecified atom stereocenters. The second kappa shape index (κ2) is 6.37. The molecular formula is C18H29N3. The first-order valence-electron chi connectivity index (χ1n) is 8.51. The molecule has 0 spiro atoms. The minimum atomic E-state index is 0.406. The fraction of sp³-hybridized carbons (Fsp3) is 0.667. The molecule has 3 heteroatoms. The third-order valence-electron chi connectivity index (χ3n) is 5.29. The van der Waals surface area contributed by atoms with E-state index in [-0.39, 0.29) is 0 Å². The van der Waals surface area contributed by atoms with E-state index in [0.29, 0.717) is 6.04 Å². The van der Waals surface area contributed by atoms with Crippen molar-refractivity contribution in [3.05, 3.63) is 29.3 Å². The first-order chi connectivity index (χ1) is 10.2. The Morgan fingerprint density at radius 2 is 2.19 bits per heavy atom. The van der Waals surface area contributed by atoms with E-state index in [1.54, 1.807) is 0 Å². The minimum Gasteiger partial charge on any atom is -0.374 e. The highest BCUT2D eigenvalue weighted by Gasteiger charge is 2.28. The number of likely N-dealkylation sites (N-methyl/N-ethyl adjacent to an activating group) is 1. The van der Waals surface area contributed by atoms with Crippen molar-refractivity contribution in [2.45, 2.75) is 38.6 Å². The van der Waals surface area contributed by atoms with E-state index in [9.17, 15) is 0 Å². The number of anilines is 1. The molecule has 2 aliphatic rings. The van der Waals surface area contributed by atoms with Gasteiger partial charge in [-0.25, -0.2) is 0 Å². The van der Waals surface area contributed by atoms with Crippen LogP contribution >= 0.6 is 0 Å². The molecule has 2 heterocycles. The Kier molecular flexibility index (Phi) is 4.51. The number of nitrogens with zero attached hydrogens (tertiary/aromatic N) is 2. The van der Waals surface area contributed by atoms with Gasteiger partial charge in [0.1, 0.15) is 0 Å². The summed E-state index contributed by atoms with van der Waals surface area (Å²) in [6.07, 6.45) is 5.19. The van der Waals surface area contributed by atoms with E-state index in [4.69, 9.17) is 5.73 Å². The number of likely N-dealkylation sites (tertiary alicyclic amines) is 1. The van der Waals surface area contributed by atoms with Gasteiger partial charge in [0.2, 0.25) is 0 Å². The Morgan fingerprint density at radius 1 is 1.33 bits per heavy atom. The number of hydrogen-bond donors (Lipinski definition) is 1. The summed E-state index contributed by atoms with van der Waals surface area (Å²) in [5.74, 6) is 0.879. The van der Waals surface area contributed by atoms with Gasteiger partial charge in [0.05, 0.1) is 0 Å². The fourth-order valence-electron chi connectivity index (χ4n) is 4.08. The summed E-state index contributed by atoms with van der Waals surface area (Å²) in [5, 5.41) is 0. The molecule has 1 saturated heterocycles. The molecule has 0 radical (unpaired) electrons. The summed E-state index contributed by atoms with van der Waals surface area (Å²) in [5.41, 5.74) is 10.4. The lowest BCUT2D eigenvalue weighted by molar-refractivity contribution is 0.239. The Morgan fingerprint density at radius 3 is 2.95 bits per heavy atom. The normalized spacial score (nSPS) is 23.6. The molecule has 0 saturated carbocycles. The fourth-order valence-corrected chi connectivity index (χ4v) is 4.08. The van der Waals surface area contributed by atoms with Crippen LogP contribution in [-0.2, 0) is 6.42 Å². The second-order valence-electron chi connectivity index (χ2n) is 6.75. The molecule has 3 rings (SSSR count). The van der Waals surface area contributed by atoms with Crippen LogP contribution in [0.4, 0.5) is 5.69 Å². The molecule has 3 nitrogen and oxygen atoms in total. The van der Waals surface area contributed by atoms with Crippen LogP contribution in [-0.4, -0.2) is 38.1 Å². The second-order valence-corrected chi connectivity index (χ2v) is 6.75. The van der Waals surface area contributed by atoms with Gasteiger partial charge in [0.15, 0.2) is 0 Å². The molecule has 2 N–H and O–H groups in total. The van der Waals surface area contributed by atoms with Gasteiger partial charge in [-0.15, -0.1) is 0 Å². The molecule has 2 atom stereocenters. The number of nitrogens with two attached hydrogens (primary N) is 1. The van der Waals surface area contributed by atoms with Crippen LogP contribution in [0.3, 0.4) is 0 Å². The number of benzene rings is 1. The van der Waals surface area contributed by atoms with Gasteiger partial charge in [0, 0.05) is 38.4 Å². The molecule has 0 aromatic heterocycles. The topological polar surface area (TPSA) is 32.5 Å². The van der Waals surface area contributed by atoms with Crippen LogP contribution in [0.5, 0.6) is 0 Å². The maximum absolute atomic E-state index is 6.12. The third-order valence-corrected chi connectivity index (χ3v) is 5.29. The van der Waals surface area contributed by atoms with E-state index in [2.05, 4.69) is 42.0 Å². The van der Waals surface area contributed by atoms with Crippen molar-refractivity contribution >= 4 is 5.69 Å². The first kappa shape index (κ1) is 14.9. The first-order valence-corrected chi connectivity index (χ1v) is 8.51. The zero-order valence-corrected chi connectivity index (χ0v) is 13.5. The molecule has 1 fully saturated rings. The average Bonchev–Trinajstić information content (AvgIpc) is 3.08. The van der Waals surface area contributed by atoms with Crippen LogP contribution < -0.4 is 10.6 Å². The lowest BCUT2D eigenvalue weighted by Gasteiger charge is -2.28. The maximum atomic E-state index is 6.12. The monoisotopic (exact) mass is 287 g/mol. The van der Waals surface area contributed by atoms with Crippen molar-refractivity contribution in [2.24, 2.45) is 11.7 Å². The summed E-state index contributed by atoms with van der Waals surface area (Å²) in [4.78, 5) is 4.96. The number of hydrogen-bond acceptors (Lipinski definition) is 3. The van der Waals surface area contributed by atoms with Crippen LogP contribution in [0.1, 0.15) is 43.4 Å². The SMILES string of the molecule is CCCC1CCN(C(CN)c2ccc3c(c2)CCN3C)C1. The van der Waals surface area contributed by atoms with Crippen molar-refractivity contribution in [2.75, 3.05) is 38.1 Å². The lowest BCUT2D eigenvalue weighted by Crippen LogP contribution is -2.32. The van der Waals surface area contributed by atoms with E-state index >= 15 is 0 Å². The summed E-state index contributed by atoms with van der Waals surface area (Å²) >= 11 is 0. The van der Waals surface area contributed by atoms with Crippen LogP contribution in [0.25, 0.3) is 0 Å². The van der Waals surface area contributed by atoms with E-state index in [1.165, 1.54) is 55.6 Å². The molecule has 21 heavy (non-hydrogen) atoms. The third kappa shape index (κ3) is 2.95. The minimum absolute atomic E-state index is 0.406. The standard InChI is InChI=1S/C18H29N3/c1-3-4-14-7-10-21(13-14)18(12-19)15-5-6-17-16(11-15)8-9-20(17)2/h5-6,11,14,18H,3-4,7-10,12-13,19H2,1-2H3. The molecule has 2 aliphatic heterocycles. The summed E-state index contributed by atoms with van der Waals surface area (Å²) < 4.78 is 0. The van der Waals surface area contributed by atoms with Crippen LogP contribution in [0, 0.1) is 5.92 Å². The molecule has 0 amide bonds. The highest BCUT2D eigenvalue weighted by atomic mass is 15.2. The van der Waals surface area contributed by atoms with Crippen molar-refractivity contribution in [1.82, 2.24) is 4.90 Å². The van der Waals surface area contributed by atoms with Gasteiger partial charge in [-0.1, -0.05) is 25.5 Å². The molecule has 1 aromatic rings. The lowest BCUT2D eigenvalue weighted by atomic mass is 10.0. The quantitative estimate of drug-likeness (QED) is 0.904. The Hall–Kier alpha value is -1.06. The van der Waals surface area contributed by atoms with E-state index < -0.39 is 0 Å². The molecule has 0 aliphatic carbocycles. The van der Waals surface area contributed by atoms with Gasteiger partial charge in [-0.3, -0.25) is 4.90 Å². The Bertz CT molecular complexity index is 485. The van der Waals surface area contributed by atoms with Crippen molar-refractivity contribution in [3.63, 3.8) is 0 Å². The van der Waals surface area contributed by atoms with Gasteiger partial charge in [0.25, 0.3) is 0 Å². The summed E-state index contributed by atoms with van der Waals surface area (Å²) in [7, 11) is 2.18. The van der Waals surface area contributed by atoms with E-state index in [1.807, 2.05) is 0 Å². The largest absolute Gasteiger partial charge is 0.374 e. The van der Waals surface area contributed by atoms with Gasteiger partial charge < -0.3 is 10.6 Å². The maximum Gasteiger partial charge on any atom is 0.0470 e. The summed E-state index contributed by atoms with van der Waals surface area (Å²) in [6.45, 7) is 6.61. The molecule has 116 valence electrons. The van der Waals surface area contributed by atoms with Crippen LogP contribution in [0.15, 0.2) is 18.2 Å². The van der Waals surface area contributed by atoms with Crippen molar-refractivity contribution < 1.29 is 0 Å². The van der Waals surface area contributed by atoms with E-state index in [0.717, 1.165) is 19.0 Å². The van der Waals surface area contributed by atoms with Gasteiger partial charge >= 0.3 is 0 Å². The Balaban J connectivity index is 1.75. The molecular weight excluding hydrogens is 258 g/mol. The zero-order valence-electron chi connectivity index (χ0n) is 13.5. The summed E-state index contributed by atoms with van der Waals surface area (Å²) in [6, 6.07) is 7.40. The smallest absolute Gasteiger partial charge is 0.0470 e. The molecule has 1 aromatic carbocycles. The predicted molar refractivity (Wildman–Crippen MR) is 89.8 cm³/mol. The average molecular weight is 287 g/mol. The van der Waals surface area contributed by atoms with Crippen molar-refractivity contribution in [1.29, 1.82) is 0 Å². The van der Waals surface area contributed by atoms with Crippen LogP contribution in [0.2, 0.25) is 0 Å². The highest BCUT2D eigenvalue weighted by Crippen LogP contribution is 2.33.